The number of hydrogen-bond acceptors (Lipinski definition) is 2. The minimum atomic E-state index is 0.791. The van der Waals surface area contributed by atoms with Crippen molar-refractivity contribution in [1.82, 2.24) is 5.32 Å². The first-order valence-electron chi connectivity index (χ1n) is 6.11. The van der Waals surface area contributed by atoms with Crippen molar-refractivity contribution in [2.24, 2.45) is 0 Å². The van der Waals surface area contributed by atoms with Crippen LogP contribution in [0.3, 0.4) is 0 Å². The van der Waals surface area contributed by atoms with Gasteiger partial charge in [0, 0.05) is 21.1 Å². The van der Waals surface area contributed by atoms with Gasteiger partial charge in [-0.15, -0.1) is 0 Å². The van der Waals surface area contributed by atoms with E-state index in [0.717, 1.165) is 39.1 Å². The second kappa shape index (κ2) is 7.08. The van der Waals surface area contributed by atoms with E-state index in [1.54, 1.807) is 0 Å². The molecule has 0 saturated heterocycles. The van der Waals surface area contributed by atoms with E-state index in [4.69, 9.17) is 4.74 Å². The van der Waals surface area contributed by atoms with Crippen molar-refractivity contribution >= 4 is 31.9 Å². The fourth-order valence-corrected chi connectivity index (χ4v) is 2.49. The molecule has 1 N–H and O–H groups in total. The third-order valence-corrected chi connectivity index (χ3v) is 3.60. The van der Waals surface area contributed by atoms with Crippen LogP contribution in [0, 0.1) is 0 Å². The van der Waals surface area contributed by atoms with Gasteiger partial charge in [0.25, 0.3) is 0 Å². The predicted molar refractivity (Wildman–Crippen MR) is 85.7 cm³/mol. The topological polar surface area (TPSA) is 21.3 Å². The molecule has 2 rings (SSSR count). The van der Waals surface area contributed by atoms with E-state index in [0.29, 0.717) is 0 Å². The first kappa shape index (κ1) is 14.6. The molecule has 0 spiro atoms. The van der Waals surface area contributed by atoms with Crippen LogP contribution in [0.5, 0.6) is 11.5 Å². The maximum absolute atomic E-state index is 5.95. The van der Waals surface area contributed by atoms with Gasteiger partial charge in [-0.3, -0.25) is 0 Å². The SMILES string of the molecule is CCNCc1cc(Br)ccc1Oc1cccc(Br)c1. The van der Waals surface area contributed by atoms with Gasteiger partial charge >= 0.3 is 0 Å². The summed E-state index contributed by atoms with van der Waals surface area (Å²) < 4.78 is 8.02. The Morgan fingerprint density at radius 2 is 1.84 bits per heavy atom. The Bertz CT molecular complexity index is 558. The molecule has 100 valence electrons. The molecule has 0 atom stereocenters. The van der Waals surface area contributed by atoms with Crippen molar-refractivity contribution in [3.8, 4) is 11.5 Å². The number of nitrogens with one attached hydrogen (secondary N) is 1. The number of benzene rings is 2. The average molecular weight is 385 g/mol. The molecule has 0 aliphatic heterocycles. The van der Waals surface area contributed by atoms with E-state index in [1.807, 2.05) is 36.4 Å². The first-order valence-corrected chi connectivity index (χ1v) is 7.70. The number of hydrogen-bond donors (Lipinski definition) is 1. The lowest BCUT2D eigenvalue weighted by Gasteiger charge is -2.12. The summed E-state index contributed by atoms with van der Waals surface area (Å²) in [4.78, 5) is 0. The van der Waals surface area contributed by atoms with Crippen molar-refractivity contribution in [1.29, 1.82) is 0 Å². The minimum absolute atomic E-state index is 0.791. The molecule has 0 radical (unpaired) electrons. The molecule has 2 aromatic rings. The molecular weight excluding hydrogens is 370 g/mol. The first-order chi connectivity index (χ1) is 9.19. The van der Waals surface area contributed by atoms with Crippen molar-refractivity contribution in [3.63, 3.8) is 0 Å². The molecule has 0 aliphatic rings. The van der Waals surface area contributed by atoms with Gasteiger partial charge in [-0.25, -0.2) is 0 Å². The lowest BCUT2D eigenvalue weighted by Crippen LogP contribution is -2.12. The Balaban J connectivity index is 2.23. The van der Waals surface area contributed by atoms with Crippen LogP contribution in [0.4, 0.5) is 0 Å². The van der Waals surface area contributed by atoms with Crippen LogP contribution in [0.2, 0.25) is 0 Å². The van der Waals surface area contributed by atoms with Gasteiger partial charge in [0.05, 0.1) is 0 Å². The fourth-order valence-electron chi connectivity index (χ4n) is 1.70. The van der Waals surface area contributed by atoms with E-state index >= 15 is 0 Å². The summed E-state index contributed by atoms with van der Waals surface area (Å²) in [7, 11) is 0. The summed E-state index contributed by atoms with van der Waals surface area (Å²) in [5.41, 5.74) is 1.14. The van der Waals surface area contributed by atoms with Crippen LogP contribution in [0.25, 0.3) is 0 Å². The summed E-state index contributed by atoms with van der Waals surface area (Å²) in [6, 6.07) is 13.9. The smallest absolute Gasteiger partial charge is 0.131 e. The minimum Gasteiger partial charge on any atom is -0.457 e. The van der Waals surface area contributed by atoms with E-state index in [2.05, 4.69) is 50.2 Å². The Hall–Kier alpha value is -0.840. The number of halogens is 2. The Morgan fingerprint density at radius 3 is 2.58 bits per heavy atom. The van der Waals surface area contributed by atoms with Gasteiger partial charge in [-0.2, -0.15) is 0 Å². The van der Waals surface area contributed by atoms with Gasteiger partial charge in [0.1, 0.15) is 11.5 Å². The highest BCUT2D eigenvalue weighted by Gasteiger charge is 2.06. The average Bonchev–Trinajstić information content (AvgIpc) is 2.39. The van der Waals surface area contributed by atoms with Crippen LogP contribution in [-0.4, -0.2) is 6.54 Å². The summed E-state index contributed by atoms with van der Waals surface area (Å²) in [5.74, 6) is 1.71. The maximum atomic E-state index is 5.95. The summed E-state index contributed by atoms with van der Waals surface area (Å²) in [6.07, 6.45) is 0. The highest BCUT2D eigenvalue weighted by atomic mass is 79.9. The normalized spacial score (nSPS) is 10.5. The van der Waals surface area contributed by atoms with Gasteiger partial charge in [-0.05, 0) is 42.9 Å². The molecule has 0 bridgehead atoms. The largest absolute Gasteiger partial charge is 0.457 e. The van der Waals surface area contributed by atoms with Gasteiger partial charge in [-0.1, -0.05) is 44.8 Å². The zero-order valence-electron chi connectivity index (χ0n) is 10.6. The summed E-state index contributed by atoms with van der Waals surface area (Å²) >= 11 is 6.94. The van der Waals surface area contributed by atoms with Crippen molar-refractivity contribution in [2.75, 3.05) is 6.54 Å². The Morgan fingerprint density at radius 1 is 1.05 bits per heavy atom. The monoisotopic (exact) mass is 383 g/mol. The van der Waals surface area contributed by atoms with Crippen molar-refractivity contribution in [3.05, 3.63) is 57.0 Å². The molecular formula is C15H15Br2NO. The van der Waals surface area contributed by atoms with Crippen LogP contribution in [0.1, 0.15) is 12.5 Å². The number of rotatable bonds is 5. The number of ether oxygens (including phenoxy) is 1. The van der Waals surface area contributed by atoms with Crippen LogP contribution < -0.4 is 10.1 Å². The lowest BCUT2D eigenvalue weighted by molar-refractivity contribution is 0.473. The van der Waals surface area contributed by atoms with E-state index in [-0.39, 0.29) is 0 Å². The molecule has 0 amide bonds. The van der Waals surface area contributed by atoms with E-state index in [1.165, 1.54) is 0 Å². The Kier molecular flexibility index (Phi) is 5.43. The summed E-state index contributed by atoms with van der Waals surface area (Å²) in [6.45, 7) is 3.81. The molecule has 0 heterocycles. The summed E-state index contributed by atoms with van der Waals surface area (Å²) in [5, 5.41) is 3.32. The van der Waals surface area contributed by atoms with E-state index in [9.17, 15) is 0 Å². The second-order valence-corrected chi connectivity index (χ2v) is 5.92. The highest BCUT2D eigenvalue weighted by Crippen LogP contribution is 2.29. The second-order valence-electron chi connectivity index (χ2n) is 4.09. The maximum Gasteiger partial charge on any atom is 0.131 e. The molecule has 0 unspecified atom stereocenters. The fraction of sp³-hybridized carbons (Fsp3) is 0.200. The molecule has 0 saturated carbocycles. The molecule has 0 aromatic heterocycles. The molecule has 2 aromatic carbocycles. The Labute approximate surface area is 130 Å². The molecule has 4 heteroatoms. The quantitative estimate of drug-likeness (QED) is 0.772. The predicted octanol–water partition coefficient (Wildman–Crippen LogP) is 5.11. The van der Waals surface area contributed by atoms with Gasteiger partial charge < -0.3 is 10.1 Å². The van der Waals surface area contributed by atoms with Gasteiger partial charge in [0.15, 0.2) is 0 Å². The molecule has 19 heavy (non-hydrogen) atoms. The van der Waals surface area contributed by atoms with Crippen molar-refractivity contribution in [2.45, 2.75) is 13.5 Å². The lowest BCUT2D eigenvalue weighted by atomic mass is 10.2. The standard InChI is InChI=1S/C15H15Br2NO/c1-2-18-10-11-8-13(17)6-7-15(11)19-14-5-3-4-12(16)9-14/h3-9,18H,2,10H2,1H3. The molecule has 0 fully saturated rings. The highest BCUT2D eigenvalue weighted by molar-refractivity contribution is 9.10. The van der Waals surface area contributed by atoms with Crippen LogP contribution in [-0.2, 0) is 6.54 Å². The molecule has 2 nitrogen and oxygen atoms in total. The van der Waals surface area contributed by atoms with E-state index < -0.39 is 0 Å². The zero-order valence-corrected chi connectivity index (χ0v) is 13.8. The van der Waals surface area contributed by atoms with Crippen LogP contribution in [0.15, 0.2) is 51.4 Å². The zero-order chi connectivity index (χ0) is 13.7. The molecule has 0 aliphatic carbocycles. The third-order valence-electron chi connectivity index (χ3n) is 2.61. The van der Waals surface area contributed by atoms with Gasteiger partial charge in [0.2, 0.25) is 0 Å². The van der Waals surface area contributed by atoms with Crippen molar-refractivity contribution < 1.29 is 4.74 Å². The van der Waals surface area contributed by atoms with Crippen LogP contribution >= 0.6 is 31.9 Å². The third kappa shape index (κ3) is 4.34.